The lowest BCUT2D eigenvalue weighted by Crippen LogP contribution is -2.03. The Balaban J connectivity index is 3.42. The van der Waals surface area contributed by atoms with Crippen molar-refractivity contribution in [1.29, 1.82) is 0 Å². The maximum absolute atomic E-state index is 13.7. The van der Waals surface area contributed by atoms with Crippen LogP contribution >= 0.6 is 15.9 Å². The maximum Gasteiger partial charge on any atom is 0.165 e. The summed E-state index contributed by atoms with van der Waals surface area (Å²) in [7, 11) is 2.93. The number of benzene rings is 1. The Morgan fingerprint density at radius 1 is 1.47 bits per heavy atom. The first kappa shape index (κ1) is 14.0. The summed E-state index contributed by atoms with van der Waals surface area (Å²) in [5.74, 6) is 0.188. The molecule has 1 aromatic carbocycles. The second kappa shape index (κ2) is 6.00. The van der Waals surface area contributed by atoms with Crippen LogP contribution in [0.15, 0.2) is 10.5 Å². The van der Waals surface area contributed by atoms with Crippen molar-refractivity contribution in [3.05, 3.63) is 21.9 Å². The van der Waals surface area contributed by atoms with Crippen LogP contribution in [0.4, 0.5) is 4.39 Å². The Morgan fingerprint density at radius 3 is 2.59 bits per heavy atom. The van der Waals surface area contributed by atoms with Crippen LogP contribution in [0.3, 0.4) is 0 Å². The van der Waals surface area contributed by atoms with Gasteiger partial charge in [0.1, 0.15) is 12.1 Å². The van der Waals surface area contributed by atoms with E-state index in [1.54, 1.807) is 0 Å². The highest BCUT2D eigenvalue weighted by atomic mass is 79.9. The minimum Gasteiger partial charge on any atom is -0.493 e. The molecule has 0 aliphatic heterocycles. The Kier molecular flexibility index (Phi) is 4.93. The van der Waals surface area contributed by atoms with Gasteiger partial charge in [0, 0.05) is 18.1 Å². The topological polar surface area (TPSA) is 35.5 Å². The quantitative estimate of drug-likeness (QED) is 0.783. The summed E-state index contributed by atoms with van der Waals surface area (Å²) in [6.07, 6.45) is 1.09. The molecule has 1 unspecified atom stereocenters. The van der Waals surface area contributed by atoms with Gasteiger partial charge in [-0.2, -0.15) is 0 Å². The second-order valence-electron chi connectivity index (χ2n) is 3.62. The Morgan fingerprint density at radius 2 is 2.12 bits per heavy atom. The van der Waals surface area contributed by atoms with E-state index in [2.05, 4.69) is 15.9 Å². The lowest BCUT2D eigenvalue weighted by Gasteiger charge is -2.18. The molecule has 0 saturated heterocycles. The van der Waals surface area contributed by atoms with E-state index in [0.29, 0.717) is 28.0 Å². The summed E-state index contributed by atoms with van der Waals surface area (Å²) in [5, 5.41) is 0. The van der Waals surface area contributed by atoms with E-state index in [1.807, 2.05) is 6.92 Å². The molecule has 0 N–H and O–H groups in total. The van der Waals surface area contributed by atoms with Gasteiger partial charge in [-0.1, -0.05) is 6.92 Å². The van der Waals surface area contributed by atoms with Crippen LogP contribution in [0, 0.1) is 5.82 Å². The number of halogens is 2. The molecule has 0 radical (unpaired) electrons. The second-order valence-corrected chi connectivity index (χ2v) is 4.42. The molecule has 0 spiro atoms. The largest absolute Gasteiger partial charge is 0.493 e. The van der Waals surface area contributed by atoms with Crippen LogP contribution in [-0.4, -0.2) is 20.5 Å². The fourth-order valence-corrected chi connectivity index (χ4v) is 2.35. The van der Waals surface area contributed by atoms with E-state index in [0.717, 1.165) is 6.29 Å². The predicted octanol–water partition coefficient (Wildman–Crippen LogP) is 3.30. The monoisotopic (exact) mass is 304 g/mol. The lowest BCUT2D eigenvalue weighted by atomic mass is 9.97. The Labute approximate surface area is 108 Å². The first-order chi connectivity index (χ1) is 8.06. The van der Waals surface area contributed by atoms with Gasteiger partial charge in [0.05, 0.1) is 18.7 Å². The molecular weight excluding hydrogens is 291 g/mol. The highest BCUT2D eigenvalue weighted by Gasteiger charge is 2.22. The molecule has 94 valence electrons. The average molecular weight is 305 g/mol. The minimum atomic E-state index is -0.435. The van der Waals surface area contributed by atoms with Gasteiger partial charge in [-0.3, -0.25) is 0 Å². The van der Waals surface area contributed by atoms with Crippen LogP contribution in [0.1, 0.15) is 24.8 Å². The van der Waals surface area contributed by atoms with Gasteiger partial charge in [0.2, 0.25) is 0 Å². The van der Waals surface area contributed by atoms with Crippen molar-refractivity contribution in [2.24, 2.45) is 0 Å². The molecule has 0 saturated carbocycles. The van der Waals surface area contributed by atoms with Gasteiger partial charge in [0.25, 0.3) is 0 Å². The SMILES string of the molecule is COc1cc(F)c(Br)c(C(C)CC=O)c1OC. The summed E-state index contributed by atoms with van der Waals surface area (Å²) in [4.78, 5) is 10.6. The lowest BCUT2D eigenvalue weighted by molar-refractivity contribution is -0.108. The molecule has 0 heterocycles. The van der Waals surface area contributed by atoms with E-state index in [-0.39, 0.29) is 5.92 Å². The van der Waals surface area contributed by atoms with Crippen molar-refractivity contribution in [2.75, 3.05) is 14.2 Å². The third-order valence-electron chi connectivity index (χ3n) is 2.54. The van der Waals surface area contributed by atoms with E-state index >= 15 is 0 Å². The number of carbonyl (C=O) groups excluding carboxylic acids is 1. The van der Waals surface area contributed by atoms with Crippen LogP contribution in [0.5, 0.6) is 11.5 Å². The standard InChI is InChI=1S/C12H14BrFO3/c1-7(4-5-15)10-11(13)8(14)6-9(16-2)12(10)17-3/h5-7H,4H2,1-3H3. The molecule has 1 rings (SSSR count). The van der Waals surface area contributed by atoms with Crippen molar-refractivity contribution in [2.45, 2.75) is 19.3 Å². The Bertz CT molecular complexity index is 421. The van der Waals surface area contributed by atoms with Crippen molar-refractivity contribution < 1.29 is 18.7 Å². The Hall–Kier alpha value is -1.10. The van der Waals surface area contributed by atoms with Crippen molar-refractivity contribution in [3.63, 3.8) is 0 Å². The van der Waals surface area contributed by atoms with E-state index < -0.39 is 5.82 Å². The van der Waals surface area contributed by atoms with Gasteiger partial charge in [0.15, 0.2) is 11.5 Å². The summed E-state index contributed by atoms with van der Waals surface area (Å²) in [6, 6.07) is 1.25. The van der Waals surface area contributed by atoms with E-state index in [9.17, 15) is 9.18 Å². The predicted molar refractivity (Wildman–Crippen MR) is 66.3 cm³/mol. The normalized spacial score (nSPS) is 12.1. The zero-order valence-corrected chi connectivity index (χ0v) is 11.5. The molecule has 1 aromatic rings. The van der Waals surface area contributed by atoms with E-state index in [4.69, 9.17) is 9.47 Å². The number of carbonyl (C=O) groups is 1. The van der Waals surface area contributed by atoms with Gasteiger partial charge in [-0.05, 0) is 21.8 Å². The fourth-order valence-electron chi connectivity index (χ4n) is 1.67. The summed E-state index contributed by atoms with van der Waals surface area (Å²) in [5.41, 5.74) is 0.608. The number of hydrogen-bond donors (Lipinski definition) is 0. The first-order valence-electron chi connectivity index (χ1n) is 5.10. The van der Waals surface area contributed by atoms with Crippen LogP contribution in [0.2, 0.25) is 0 Å². The number of aldehydes is 1. The molecule has 1 atom stereocenters. The fraction of sp³-hybridized carbons (Fsp3) is 0.417. The van der Waals surface area contributed by atoms with E-state index in [1.165, 1.54) is 20.3 Å². The highest BCUT2D eigenvalue weighted by Crippen LogP contribution is 2.42. The van der Waals surface area contributed by atoms with Crippen molar-refractivity contribution >= 4 is 22.2 Å². The molecule has 3 nitrogen and oxygen atoms in total. The van der Waals surface area contributed by atoms with Crippen LogP contribution in [0.25, 0.3) is 0 Å². The van der Waals surface area contributed by atoms with Gasteiger partial charge in [-0.15, -0.1) is 0 Å². The molecule has 0 amide bonds. The average Bonchev–Trinajstić information content (AvgIpc) is 2.31. The van der Waals surface area contributed by atoms with Gasteiger partial charge >= 0.3 is 0 Å². The van der Waals surface area contributed by atoms with Crippen LogP contribution in [-0.2, 0) is 4.79 Å². The van der Waals surface area contributed by atoms with Crippen LogP contribution < -0.4 is 9.47 Å². The number of methoxy groups -OCH3 is 2. The third kappa shape index (κ3) is 2.77. The zero-order chi connectivity index (χ0) is 13.0. The van der Waals surface area contributed by atoms with Gasteiger partial charge < -0.3 is 14.3 Å². The molecular formula is C12H14BrFO3. The number of rotatable bonds is 5. The zero-order valence-electron chi connectivity index (χ0n) is 9.92. The van der Waals surface area contributed by atoms with Gasteiger partial charge in [-0.25, -0.2) is 4.39 Å². The smallest absolute Gasteiger partial charge is 0.165 e. The molecule has 0 bridgehead atoms. The summed E-state index contributed by atoms with van der Waals surface area (Å²) >= 11 is 3.18. The van der Waals surface area contributed by atoms with Crippen molar-refractivity contribution in [3.8, 4) is 11.5 Å². The molecule has 0 fully saturated rings. The van der Waals surface area contributed by atoms with Crippen molar-refractivity contribution in [1.82, 2.24) is 0 Å². The molecule has 5 heteroatoms. The summed E-state index contributed by atoms with van der Waals surface area (Å²) < 4.78 is 24.3. The highest BCUT2D eigenvalue weighted by molar-refractivity contribution is 9.10. The third-order valence-corrected chi connectivity index (χ3v) is 3.34. The number of ether oxygens (including phenoxy) is 2. The molecule has 0 aliphatic rings. The first-order valence-corrected chi connectivity index (χ1v) is 5.89. The number of hydrogen-bond acceptors (Lipinski definition) is 3. The maximum atomic E-state index is 13.7. The molecule has 17 heavy (non-hydrogen) atoms. The molecule has 0 aromatic heterocycles. The molecule has 0 aliphatic carbocycles. The minimum absolute atomic E-state index is 0.151. The summed E-state index contributed by atoms with van der Waals surface area (Å²) in [6.45, 7) is 1.83.